The van der Waals surface area contributed by atoms with Gasteiger partial charge in [0.2, 0.25) is 0 Å². The van der Waals surface area contributed by atoms with Gasteiger partial charge in [-0.2, -0.15) is 0 Å². The van der Waals surface area contributed by atoms with Gasteiger partial charge in [0, 0.05) is 11.8 Å². The lowest BCUT2D eigenvalue weighted by molar-refractivity contribution is 0.129. The van der Waals surface area contributed by atoms with Crippen LogP contribution in [0, 0.1) is 12.8 Å². The van der Waals surface area contributed by atoms with Crippen molar-refractivity contribution < 1.29 is 4.74 Å². The summed E-state index contributed by atoms with van der Waals surface area (Å²) in [6.07, 6.45) is 5.36. The molecule has 1 fully saturated rings. The van der Waals surface area contributed by atoms with Crippen LogP contribution in [0.15, 0.2) is 18.2 Å². The van der Waals surface area contributed by atoms with Gasteiger partial charge in [-0.1, -0.05) is 19.4 Å². The van der Waals surface area contributed by atoms with Crippen LogP contribution in [0.25, 0.3) is 0 Å². The van der Waals surface area contributed by atoms with E-state index >= 15 is 0 Å². The average Bonchev–Trinajstić information content (AvgIpc) is 2.24. The Morgan fingerprint density at radius 1 is 1.31 bits per heavy atom. The van der Waals surface area contributed by atoms with E-state index < -0.39 is 0 Å². The number of hydrogen-bond donors (Lipinski definition) is 1. The first-order chi connectivity index (χ1) is 7.65. The number of ether oxygens (including phenoxy) is 1. The monoisotopic (exact) mass is 219 g/mol. The van der Waals surface area contributed by atoms with E-state index in [1.165, 1.54) is 25.7 Å². The molecule has 2 heteroatoms. The molecule has 1 saturated carbocycles. The SMILES string of the molecule is Cc1ccc(OC2CCCC(C)C2)cc1N. The van der Waals surface area contributed by atoms with E-state index in [1.54, 1.807) is 0 Å². The predicted octanol–water partition coefficient (Wildman–Crippen LogP) is 3.53. The molecule has 2 unspecified atom stereocenters. The lowest BCUT2D eigenvalue weighted by Gasteiger charge is -2.27. The number of aryl methyl sites for hydroxylation is 1. The maximum absolute atomic E-state index is 5.98. The van der Waals surface area contributed by atoms with Gasteiger partial charge >= 0.3 is 0 Å². The molecule has 2 rings (SSSR count). The van der Waals surface area contributed by atoms with E-state index in [4.69, 9.17) is 10.5 Å². The van der Waals surface area contributed by atoms with Crippen LogP contribution in [0.2, 0.25) is 0 Å². The highest BCUT2D eigenvalue weighted by Crippen LogP contribution is 2.28. The quantitative estimate of drug-likeness (QED) is 0.772. The maximum Gasteiger partial charge on any atom is 0.121 e. The number of nitrogen functional groups attached to an aromatic ring is 1. The van der Waals surface area contributed by atoms with Gasteiger partial charge in [-0.15, -0.1) is 0 Å². The van der Waals surface area contributed by atoms with E-state index in [0.29, 0.717) is 6.10 Å². The van der Waals surface area contributed by atoms with Crippen LogP contribution in [0.3, 0.4) is 0 Å². The van der Waals surface area contributed by atoms with Crippen LogP contribution in [0.4, 0.5) is 5.69 Å². The smallest absolute Gasteiger partial charge is 0.121 e. The van der Waals surface area contributed by atoms with Crippen molar-refractivity contribution in [3.8, 4) is 5.75 Å². The summed E-state index contributed by atoms with van der Waals surface area (Å²) in [5.74, 6) is 1.71. The zero-order chi connectivity index (χ0) is 11.5. The van der Waals surface area contributed by atoms with Gasteiger partial charge in [0.25, 0.3) is 0 Å². The molecule has 2 atom stereocenters. The highest BCUT2D eigenvalue weighted by molar-refractivity contribution is 5.50. The van der Waals surface area contributed by atoms with Crippen LogP contribution < -0.4 is 10.5 Å². The zero-order valence-electron chi connectivity index (χ0n) is 10.2. The average molecular weight is 219 g/mol. The molecule has 1 aromatic rings. The topological polar surface area (TPSA) is 35.2 Å². The van der Waals surface area contributed by atoms with E-state index in [2.05, 4.69) is 6.92 Å². The van der Waals surface area contributed by atoms with E-state index in [0.717, 1.165) is 22.9 Å². The van der Waals surface area contributed by atoms with Crippen molar-refractivity contribution in [2.24, 2.45) is 5.92 Å². The summed E-state index contributed by atoms with van der Waals surface area (Å²) in [6.45, 7) is 4.32. The van der Waals surface area contributed by atoms with Crippen molar-refractivity contribution in [3.63, 3.8) is 0 Å². The molecule has 0 aromatic heterocycles. The van der Waals surface area contributed by atoms with Crippen molar-refractivity contribution >= 4 is 5.69 Å². The molecule has 1 aliphatic carbocycles. The van der Waals surface area contributed by atoms with Gasteiger partial charge in [-0.05, 0) is 43.7 Å². The Kier molecular flexibility index (Phi) is 3.37. The fraction of sp³-hybridized carbons (Fsp3) is 0.571. The summed E-state index contributed by atoms with van der Waals surface area (Å²) in [7, 11) is 0. The Morgan fingerprint density at radius 3 is 2.81 bits per heavy atom. The van der Waals surface area contributed by atoms with E-state index in [9.17, 15) is 0 Å². The third-order valence-corrected chi connectivity index (χ3v) is 3.44. The Bertz CT molecular complexity index is 362. The van der Waals surface area contributed by atoms with Gasteiger partial charge in [-0.25, -0.2) is 0 Å². The number of rotatable bonds is 2. The highest BCUT2D eigenvalue weighted by atomic mass is 16.5. The standard InChI is InChI=1S/C14H21NO/c1-10-4-3-5-12(8-10)16-13-7-6-11(2)14(15)9-13/h6-7,9-10,12H,3-5,8,15H2,1-2H3. The summed E-state index contributed by atoms with van der Waals surface area (Å²) >= 11 is 0. The first-order valence-electron chi connectivity index (χ1n) is 6.18. The van der Waals surface area contributed by atoms with E-state index in [1.807, 2.05) is 25.1 Å². The minimum Gasteiger partial charge on any atom is -0.490 e. The summed E-state index contributed by atoms with van der Waals surface area (Å²) in [4.78, 5) is 0. The largest absolute Gasteiger partial charge is 0.490 e. The molecule has 0 amide bonds. The van der Waals surface area contributed by atoms with Gasteiger partial charge in [0.05, 0.1) is 6.10 Å². The highest BCUT2D eigenvalue weighted by Gasteiger charge is 2.20. The van der Waals surface area contributed by atoms with Crippen LogP contribution in [-0.2, 0) is 0 Å². The maximum atomic E-state index is 5.98. The molecule has 2 nitrogen and oxygen atoms in total. The molecule has 1 aliphatic rings. The summed E-state index contributed by atoms with van der Waals surface area (Å²) in [6, 6.07) is 5.98. The fourth-order valence-electron chi connectivity index (χ4n) is 2.37. The zero-order valence-corrected chi connectivity index (χ0v) is 10.2. The molecule has 0 bridgehead atoms. The summed E-state index contributed by atoms with van der Waals surface area (Å²) in [5, 5.41) is 0. The molecule has 0 saturated heterocycles. The van der Waals surface area contributed by atoms with Crippen LogP contribution in [-0.4, -0.2) is 6.10 Å². The molecule has 2 N–H and O–H groups in total. The van der Waals surface area contributed by atoms with Crippen LogP contribution in [0.1, 0.15) is 38.2 Å². The predicted molar refractivity (Wildman–Crippen MR) is 67.6 cm³/mol. The molecule has 16 heavy (non-hydrogen) atoms. The van der Waals surface area contributed by atoms with Crippen molar-refractivity contribution in [2.45, 2.75) is 45.6 Å². The third kappa shape index (κ3) is 2.69. The second-order valence-electron chi connectivity index (χ2n) is 5.03. The van der Waals surface area contributed by atoms with Crippen molar-refractivity contribution in [3.05, 3.63) is 23.8 Å². The Balaban J connectivity index is 2.00. The van der Waals surface area contributed by atoms with Gasteiger partial charge in [-0.3, -0.25) is 0 Å². The second kappa shape index (κ2) is 4.77. The first kappa shape index (κ1) is 11.3. The number of nitrogens with two attached hydrogens (primary N) is 1. The Morgan fingerprint density at radius 2 is 2.12 bits per heavy atom. The molecule has 0 aliphatic heterocycles. The molecule has 1 aromatic carbocycles. The number of benzene rings is 1. The minimum atomic E-state index is 0.380. The van der Waals surface area contributed by atoms with Gasteiger partial charge in [0.1, 0.15) is 5.75 Å². The summed E-state index contributed by atoms with van der Waals surface area (Å²) < 4.78 is 5.98. The lowest BCUT2D eigenvalue weighted by atomic mass is 9.89. The molecule has 0 spiro atoms. The molecular formula is C14H21NO. The third-order valence-electron chi connectivity index (χ3n) is 3.44. The normalized spacial score (nSPS) is 25.4. The van der Waals surface area contributed by atoms with Crippen molar-refractivity contribution in [2.75, 3.05) is 5.73 Å². The number of hydrogen-bond acceptors (Lipinski definition) is 2. The first-order valence-corrected chi connectivity index (χ1v) is 6.18. The molecule has 0 heterocycles. The van der Waals surface area contributed by atoms with Crippen LogP contribution in [0.5, 0.6) is 5.75 Å². The minimum absolute atomic E-state index is 0.380. The second-order valence-corrected chi connectivity index (χ2v) is 5.03. The fourth-order valence-corrected chi connectivity index (χ4v) is 2.37. The molecular weight excluding hydrogens is 198 g/mol. The lowest BCUT2D eigenvalue weighted by Crippen LogP contribution is -2.24. The van der Waals surface area contributed by atoms with Crippen molar-refractivity contribution in [1.82, 2.24) is 0 Å². The van der Waals surface area contributed by atoms with Gasteiger partial charge < -0.3 is 10.5 Å². The van der Waals surface area contributed by atoms with Crippen molar-refractivity contribution in [1.29, 1.82) is 0 Å². The Hall–Kier alpha value is -1.18. The molecule has 0 radical (unpaired) electrons. The Labute approximate surface area is 97.8 Å². The molecule has 88 valence electrons. The summed E-state index contributed by atoms with van der Waals surface area (Å²) in [5.41, 5.74) is 7.81. The number of anilines is 1. The van der Waals surface area contributed by atoms with E-state index in [-0.39, 0.29) is 0 Å². The van der Waals surface area contributed by atoms with Gasteiger partial charge in [0.15, 0.2) is 0 Å². The van der Waals surface area contributed by atoms with Crippen LogP contribution >= 0.6 is 0 Å².